The SMILES string of the molecule is COCCCC(Nc1c(F)cc([N+](=O)[O-])cc1F)C(=O)O. The van der Waals surface area contributed by atoms with Gasteiger partial charge < -0.3 is 15.2 Å². The summed E-state index contributed by atoms with van der Waals surface area (Å²) in [6.07, 6.45) is 0.454. The number of halogens is 2. The largest absolute Gasteiger partial charge is 0.480 e. The van der Waals surface area contributed by atoms with Gasteiger partial charge in [0, 0.05) is 13.7 Å². The number of nitro benzene ring substituents is 1. The molecule has 0 fully saturated rings. The molecule has 2 N–H and O–H groups in total. The molecule has 21 heavy (non-hydrogen) atoms. The molecule has 1 atom stereocenters. The molecule has 0 spiro atoms. The Morgan fingerprint density at radius 2 is 2.05 bits per heavy atom. The molecule has 1 unspecified atom stereocenters. The Balaban J connectivity index is 2.93. The average Bonchev–Trinajstić information content (AvgIpc) is 2.40. The summed E-state index contributed by atoms with van der Waals surface area (Å²) < 4.78 is 32.1. The minimum absolute atomic E-state index is 0.0824. The zero-order chi connectivity index (χ0) is 16.0. The quantitative estimate of drug-likeness (QED) is 0.433. The van der Waals surface area contributed by atoms with E-state index in [1.807, 2.05) is 0 Å². The maximum absolute atomic E-state index is 13.7. The van der Waals surface area contributed by atoms with E-state index in [0.29, 0.717) is 25.2 Å². The van der Waals surface area contributed by atoms with Crippen LogP contribution in [0.2, 0.25) is 0 Å². The van der Waals surface area contributed by atoms with Gasteiger partial charge in [-0.15, -0.1) is 0 Å². The zero-order valence-electron chi connectivity index (χ0n) is 11.1. The number of carboxylic acids is 1. The lowest BCUT2D eigenvalue weighted by Gasteiger charge is -2.16. The third-order valence-electron chi connectivity index (χ3n) is 2.70. The number of non-ortho nitro benzene ring substituents is 1. The number of carbonyl (C=O) groups is 1. The second-order valence-corrected chi connectivity index (χ2v) is 4.21. The van der Waals surface area contributed by atoms with Gasteiger partial charge >= 0.3 is 5.97 Å². The lowest BCUT2D eigenvalue weighted by Crippen LogP contribution is -2.30. The van der Waals surface area contributed by atoms with Crippen molar-refractivity contribution in [3.05, 3.63) is 33.9 Å². The van der Waals surface area contributed by atoms with Crippen LogP contribution in [0.5, 0.6) is 0 Å². The molecule has 1 rings (SSSR count). The van der Waals surface area contributed by atoms with Crippen molar-refractivity contribution in [1.82, 2.24) is 0 Å². The molecule has 0 aliphatic carbocycles. The van der Waals surface area contributed by atoms with E-state index in [9.17, 15) is 23.7 Å². The Hall–Kier alpha value is -2.29. The van der Waals surface area contributed by atoms with E-state index in [1.54, 1.807) is 0 Å². The summed E-state index contributed by atoms with van der Waals surface area (Å²) in [4.78, 5) is 20.6. The van der Waals surface area contributed by atoms with Crippen LogP contribution in [-0.4, -0.2) is 35.8 Å². The number of methoxy groups -OCH3 is 1. The first-order chi connectivity index (χ1) is 9.86. The summed E-state index contributed by atoms with van der Waals surface area (Å²) in [5.41, 5.74) is -1.45. The number of hydrogen-bond donors (Lipinski definition) is 2. The van der Waals surface area contributed by atoms with Gasteiger partial charge in [-0.25, -0.2) is 13.6 Å². The first-order valence-corrected chi connectivity index (χ1v) is 5.98. The lowest BCUT2D eigenvalue weighted by atomic mass is 10.1. The van der Waals surface area contributed by atoms with Gasteiger partial charge in [-0.1, -0.05) is 0 Å². The normalized spacial score (nSPS) is 12.0. The Labute approximate surface area is 118 Å². The van der Waals surface area contributed by atoms with E-state index in [4.69, 9.17) is 9.84 Å². The van der Waals surface area contributed by atoms with E-state index in [2.05, 4.69) is 5.32 Å². The summed E-state index contributed by atoms with van der Waals surface area (Å²) in [6.45, 7) is 0.302. The number of benzene rings is 1. The Bertz CT molecular complexity index is 515. The monoisotopic (exact) mass is 304 g/mol. The highest BCUT2D eigenvalue weighted by Crippen LogP contribution is 2.26. The van der Waals surface area contributed by atoms with E-state index >= 15 is 0 Å². The molecule has 0 heterocycles. The molecule has 0 aromatic heterocycles. The van der Waals surface area contributed by atoms with E-state index < -0.39 is 39.9 Å². The summed E-state index contributed by atoms with van der Waals surface area (Å²) in [7, 11) is 1.44. The van der Waals surface area contributed by atoms with Crippen LogP contribution in [0.4, 0.5) is 20.2 Å². The molecule has 1 aromatic carbocycles. The van der Waals surface area contributed by atoms with Crippen molar-refractivity contribution in [2.45, 2.75) is 18.9 Å². The zero-order valence-corrected chi connectivity index (χ0v) is 11.1. The van der Waals surface area contributed by atoms with Gasteiger partial charge in [0.25, 0.3) is 5.69 Å². The van der Waals surface area contributed by atoms with E-state index in [0.717, 1.165) is 0 Å². The minimum Gasteiger partial charge on any atom is -0.480 e. The van der Waals surface area contributed by atoms with E-state index in [1.165, 1.54) is 7.11 Å². The van der Waals surface area contributed by atoms with Crippen molar-refractivity contribution >= 4 is 17.3 Å². The van der Waals surface area contributed by atoms with Crippen molar-refractivity contribution in [3.8, 4) is 0 Å². The molecular weight excluding hydrogens is 290 g/mol. The second kappa shape index (κ2) is 7.48. The Morgan fingerprint density at radius 3 is 2.48 bits per heavy atom. The van der Waals surface area contributed by atoms with Crippen LogP contribution < -0.4 is 5.32 Å². The highest BCUT2D eigenvalue weighted by atomic mass is 19.1. The van der Waals surface area contributed by atoms with Gasteiger partial charge in [-0.3, -0.25) is 10.1 Å². The fourth-order valence-electron chi connectivity index (χ4n) is 1.67. The fraction of sp³-hybridized carbons (Fsp3) is 0.417. The molecule has 1 aromatic rings. The maximum atomic E-state index is 13.7. The predicted octanol–water partition coefficient (Wildman–Crippen LogP) is 2.16. The van der Waals surface area contributed by atoms with Crippen molar-refractivity contribution in [2.24, 2.45) is 0 Å². The van der Waals surface area contributed by atoms with Crippen LogP contribution in [0.3, 0.4) is 0 Å². The molecule has 0 aliphatic heterocycles. The highest BCUT2D eigenvalue weighted by molar-refractivity contribution is 5.77. The van der Waals surface area contributed by atoms with Crippen molar-refractivity contribution in [1.29, 1.82) is 0 Å². The number of carboxylic acid groups (broad SMARTS) is 1. The van der Waals surface area contributed by atoms with Crippen LogP contribution >= 0.6 is 0 Å². The first-order valence-electron chi connectivity index (χ1n) is 5.98. The molecule has 116 valence electrons. The van der Waals surface area contributed by atoms with Crippen molar-refractivity contribution < 1.29 is 28.3 Å². The van der Waals surface area contributed by atoms with Crippen LogP contribution in [0.25, 0.3) is 0 Å². The number of anilines is 1. The molecule has 0 bridgehead atoms. The number of ether oxygens (including phenoxy) is 1. The molecule has 9 heteroatoms. The van der Waals surface area contributed by atoms with Gasteiger partial charge in [-0.2, -0.15) is 0 Å². The van der Waals surface area contributed by atoms with E-state index in [-0.39, 0.29) is 6.42 Å². The summed E-state index contributed by atoms with van der Waals surface area (Å²) >= 11 is 0. The topological polar surface area (TPSA) is 102 Å². The third kappa shape index (κ3) is 4.63. The van der Waals surface area contributed by atoms with Gasteiger partial charge in [-0.05, 0) is 12.8 Å². The number of nitrogens with zero attached hydrogens (tertiary/aromatic N) is 1. The van der Waals surface area contributed by atoms with Crippen LogP contribution in [0.1, 0.15) is 12.8 Å². The summed E-state index contributed by atoms with van der Waals surface area (Å²) in [5.74, 6) is -3.73. The average molecular weight is 304 g/mol. The summed E-state index contributed by atoms with van der Waals surface area (Å²) in [6, 6.07) is -0.176. The van der Waals surface area contributed by atoms with Gasteiger partial charge in [0.2, 0.25) is 0 Å². The van der Waals surface area contributed by atoms with Crippen molar-refractivity contribution in [3.63, 3.8) is 0 Å². The molecular formula is C12H14F2N2O5. The van der Waals surface area contributed by atoms with Gasteiger partial charge in [0.15, 0.2) is 11.6 Å². The Morgan fingerprint density at radius 1 is 1.48 bits per heavy atom. The second-order valence-electron chi connectivity index (χ2n) is 4.21. The number of rotatable bonds is 8. The molecule has 0 saturated carbocycles. The molecule has 0 aliphatic rings. The lowest BCUT2D eigenvalue weighted by molar-refractivity contribution is -0.385. The van der Waals surface area contributed by atoms with Crippen LogP contribution in [0, 0.1) is 21.7 Å². The molecule has 7 nitrogen and oxygen atoms in total. The first kappa shape index (κ1) is 16.8. The standard InChI is InChI=1S/C12H14F2N2O5/c1-21-4-2-3-10(12(17)18)15-11-8(13)5-7(16(19)20)6-9(11)14/h5-6,10,15H,2-4H2,1H3,(H,17,18). The van der Waals surface area contributed by atoms with Gasteiger partial charge in [0.05, 0.1) is 17.1 Å². The van der Waals surface area contributed by atoms with Gasteiger partial charge in [0.1, 0.15) is 11.7 Å². The summed E-state index contributed by atoms with van der Waals surface area (Å²) in [5, 5.41) is 21.7. The smallest absolute Gasteiger partial charge is 0.326 e. The Kier molecular flexibility index (Phi) is 5.97. The molecule has 0 amide bonds. The number of nitro groups is 1. The number of hydrogen-bond acceptors (Lipinski definition) is 5. The molecule has 0 radical (unpaired) electrons. The highest BCUT2D eigenvalue weighted by Gasteiger charge is 2.23. The predicted molar refractivity (Wildman–Crippen MR) is 69.2 cm³/mol. The van der Waals surface area contributed by atoms with Crippen LogP contribution in [-0.2, 0) is 9.53 Å². The third-order valence-corrected chi connectivity index (χ3v) is 2.70. The minimum atomic E-state index is -1.29. The maximum Gasteiger partial charge on any atom is 0.326 e. The van der Waals surface area contributed by atoms with Crippen molar-refractivity contribution in [2.75, 3.05) is 19.0 Å². The number of aliphatic carboxylic acids is 1. The molecule has 0 saturated heterocycles. The number of nitrogens with one attached hydrogen (secondary N) is 1. The van der Waals surface area contributed by atoms with Crippen LogP contribution in [0.15, 0.2) is 12.1 Å². The fourth-order valence-corrected chi connectivity index (χ4v) is 1.67.